The van der Waals surface area contributed by atoms with Crippen LogP contribution >= 0.6 is 24.0 Å². The molecule has 26 heavy (non-hydrogen) atoms. The zero-order chi connectivity index (χ0) is 17.6. The first-order valence-corrected chi connectivity index (χ1v) is 9.35. The highest BCUT2D eigenvalue weighted by Gasteiger charge is 2.19. The Balaban J connectivity index is 0.00000243. The standard InChI is InChI=1S/C20H30N4O.HI/c1-4-24-11-7-8-16(14-24)12-22-20(21-3)23-13-19-15(2)17-9-5-6-10-18(17)25-19;/h5-6,9-10,16H,4,7-8,11-14H2,1-3H3,(H2,21,22,23);1H. The van der Waals surface area contributed by atoms with Crippen molar-refractivity contribution in [1.29, 1.82) is 0 Å². The van der Waals surface area contributed by atoms with Gasteiger partial charge in [0.25, 0.3) is 0 Å². The molecule has 3 rings (SSSR count). The van der Waals surface area contributed by atoms with E-state index in [0.717, 1.165) is 30.4 Å². The van der Waals surface area contributed by atoms with Crippen LogP contribution in [0.1, 0.15) is 31.1 Å². The Bertz CT molecular complexity index is 728. The Morgan fingerprint density at radius 1 is 1.31 bits per heavy atom. The average molecular weight is 470 g/mol. The lowest BCUT2D eigenvalue weighted by Gasteiger charge is -2.32. The highest BCUT2D eigenvalue weighted by Crippen LogP contribution is 2.24. The van der Waals surface area contributed by atoms with E-state index in [1.807, 2.05) is 25.2 Å². The maximum atomic E-state index is 5.96. The first-order chi connectivity index (χ1) is 12.2. The van der Waals surface area contributed by atoms with Gasteiger partial charge >= 0.3 is 0 Å². The summed E-state index contributed by atoms with van der Waals surface area (Å²) in [5, 5.41) is 8.05. The number of hydrogen-bond donors (Lipinski definition) is 2. The van der Waals surface area contributed by atoms with E-state index < -0.39 is 0 Å². The van der Waals surface area contributed by atoms with Crippen LogP contribution in [0.3, 0.4) is 0 Å². The van der Waals surface area contributed by atoms with Crippen LogP contribution in [0.5, 0.6) is 0 Å². The number of fused-ring (bicyclic) bond motifs is 1. The Labute approximate surface area is 173 Å². The highest BCUT2D eigenvalue weighted by molar-refractivity contribution is 14.0. The summed E-state index contributed by atoms with van der Waals surface area (Å²) in [5.74, 6) is 2.51. The van der Waals surface area contributed by atoms with Crippen molar-refractivity contribution in [2.75, 3.05) is 33.2 Å². The van der Waals surface area contributed by atoms with Crippen LogP contribution < -0.4 is 10.6 Å². The lowest BCUT2D eigenvalue weighted by atomic mass is 9.98. The van der Waals surface area contributed by atoms with Gasteiger partial charge in [0.1, 0.15) is 11.3 Å². The maximum absolute atomic E-state index is 5.96. The number of hydrogen-bond acceptors (Lipinski definition) is 3. The minimum atomic E-state index is 0. The van der Waals surface area contributed by atoms with E-state index in [2.05, 4.69) is 40.4 Å². The molecule has 0 aliphatic carbocycles. The van der Waals surface area contributed by atoms with Crippen LogP contribution in [-0.4, -0.2) is 44.1 Å². The molecule has 1 fully saturated rings. The molecule has 0 saturated carbocycles. The van der Waals surface area contributed by atoms with Crippen molar-refractivity contribution in [2.45, 2.75) is 33.2 Å². The topological polar surface area (TPSA) is 52.8 Å². The number of nitrogens with one attached hydrogen (secondary N) is 2. The molecular weight excluding hydrogens is 439 g/mol. The summed E-state index contributed by atoms with van der Waals surface area (Å²) < 4.78 is 5.96. The van der Waals surface area contributed by atoms with Crippen molar-refractivity contribution in [3.05, 3.63) is 35.6 Å². The molecule has 1 aliphatic heterocycles. The molecule has 0 bridgehead atoms. The number of guanidine groups is 1. The van der Waals surface area contributed by atoms with Crippen molar-refractivity contribution in [1.82, 2.24) is 15.5 Å². The van der Waals surface area contributed by atoms with Gasteiger partial charge in [-0.3, -0.25) is 4.99 Å². The second-order valence-electron chi connectivity index (χ2n) is 6.85. The van der Waals surface area contributed by atoms with Crippen LogP contribution in [0.2, 0.25) is 0 Å². The molecule has 1 atom stereocenters. The molecule has 0 radical (unpaired) electrons. The van der Waals surface area contributed by atoms with Crippen LogP contribution in [0.15, 0.2) is 33.7 Å². The van der Waals surface area contributed by atoms with Crippen molar-refractivity contribution in [3.8, 4) is 0 Å². The second-order valence-corrected chi connectivity index (χ2v) is 6.85. The zero-order valence-corrected chi connectivity index (χ0v) is 18.4. The van der Waals surface area contributed by atoms with Gasteiger partial charge in [0, 0.05) is 31.1 Å². The van der Waals surface area contributed by atoms with Gasteiger partial charge in [-0.1, -0.05) is 25.1 Å². The molecule has 5 nitrogen and oxygen atoms in total. The molecule has 1 aromatic heterocycles. The van der Waals surface area contributed by atoms with Crippen molar-refractivity contribution in [3.63, 3.8) is 0 Å². The van der Waals surface area contributed by atoms with Gasteiger partial charge in [-0.2, -0.15) is 0 Å². The number of nitrogens with zero attached hydrogens (tertiary/aromatic N) is 2. The van der Waals surface area contributed by atoms with E-state index in [-0.39, 0.29) is 24.0 Å². The predicted molar refractivity (Wildman–Crippen MR) is 119 cm³/mol. The monoisotopic (exact) mass is 470 g/mol. The first kappa shape index (κ1) is 21.0. The molecule has 1 saturated heterocycles. The fraction of sp³-hybridized carbons (Fsp3) is 0.550. The lowest BCUT2D eigenvalue weighted by Crippen LogP contribution is -2.44. The van der Waals surface area contributed by atoms with E-state index in [1.54, 1.807) is 0 Å². The van der Waals surface area contributed by atoms with Gasteiger partial charge in [-0.15, -0.1) is 24.0 Å². The normalized spacial score (nSPS) is 18.6. The Kier molecular flexibility index (Phi) is 8.21. The van der Waals surface area contributed by atoms with E-state index in [4.69, 9.17) is 4.42 Å². The largest absolute Gasteiger partial charge is 0.459 e. The fourth-order valence-electron chi connectivity index (χ4n) is 3.62. The minimum Gasteiger partial charge on any atom is -0.459 e. The summed E-state index contributed by atoms with van der Waals surface area (Å²) in [7, 11) is 1.82. The number of rotatable bonds is 5. The molecule has 1 unspecified atom stereocenters. The minimum absolute atomic E-state index is 0. The summed E-state index contributed by atoms with van der Waals surface area (Å²) in [5.41, 5.74) is 2.14. The molecule has 1 aromatic carbocycles. The third-order valence-electron chi connectivity index (χ3n) is 5.19. The first-order valence-electron chi connectivity index (χ1n) is 9.35. The summed E-state index contributed by atoms with van der Waals surface area (Å²) in [6.45, 7) is 9.54. The van der Waals surface area contributed by atoms with Gasteiger partial charge in [-0.05, 0) is 44.8 Å². The van der Waals surface area contributed by atoms with E-state index in [0.29, 0.717) is 12.5 Å². The number of furan rings is 1. The van der Waals surface area contributed by atoms with Gasteiger partial charge in [0.05, 0.1) is 6.54 Å². The fourth-order valence-corrected chi connectivity index (χ4v) is 3.62. The van der Waals surface area contributed by atoms with Crippen LogP contribution in [-0.2, 0) is 6.54 Å². The summed E-state index contributed by atoms with van der Waals surface area (Å²) in [6.07, 6.45) is 2.59. The smallest absolute Gasteiger partial charge is 0.191 e. The number of aliphatic imine (C=N–C) groups is 1. The van der Waals surface area contributed by atoms with Crippen LogP contribution in [0.4, 0.5) is 0 Å². The van der Waals surface area contributed by atoms with E-state index in [9.17, 15) is 0 Å². The van der Waals surface area contributed by atoms with Crippen LogP contribution in [0.25, 0.3) is 11.0 Å². The molecule has 2 heterocycles. The average Bonchev–Trinajstić information content (AvgIpc) is 2.98. The molecular formula is C20H31IN4O. The molecule has 6 heteroatoms. The quantitative estimate of drug-likeness (QED) is 0.397. The number of halogens is 1. The lowest BCUT2D eigenvalue weighted by molar-refractivity contribution is 0.183. The molecule has 144 valence electrons. The Hall–Kier alpha value is -1.28. The summed E-state index contributed by atoms with van der Waals surface area (Å²) in [4.78, 5) is 6.88. The highest BCUT2D eigenvalue weighted by atomic mass is 127. The van der Waals surface area contributed by atoms with Crippen LogP contribution in [0, 0.1) is 12.8 Å². The molecule has 0 amide bonds. The molecule has 2 N–H and O–H groups in total. The van der Waals surface area contributed by atoms with Gasteiger partial charge in [-0.25, -0.2) is 0 Å². The van der Waals surface area contributed by atoms with Crippen molar-refractivity contribution >= 4 is 40.9 Å². The Morgan fingerprint density at radius 3 is 2.85 bits per heavy atom. The van der Waals surface area contributed by atoms with E-state index >= 15 is 0 Å². The molecule has 1 aliphatic rings. The maximum Gasteiger partial charge on any atom is 0.191 e. The number of aryl methyl sites for hydroxylation is 1. The molecule has 2 aromatic rings. The van der Waals surface area contributed by atoms with Gasteiger partial charge in [0.2, 0.25) is 0 Å². The zero-order valence-electron chi connectivity index (χ0n) is 16.0. The second kappa shape index (κ2) is 10.2. The van der Waals surface area contributed by atoms with E-state index in [1.165, 1.54) is 36.9 Å². The third-order valence-corrected chi connectivity index (χ3v) is 5.19. The van der Waals surface area contributed by atoms with Gasteiger partial charge < -0.3 is 20.0 Å². The van der Waals surface area contributed by atoms with Crippen molar-refractivity contribution in [2.24, 2.45) is 10.9 Å². The third kappa shape index (κ3) is 5.13. The number of likely N-dealkylation sites (tertiary alicyclic amines) is 1. The number of piperidine rings is 1. The Morgan fingerprint density at radius 2 is 2.12 bits per heavy atom. The van der Waals surface area contributed by atoms with Crippen molar-refractivity contribution < 1.29 is 4.42 Å². The summed E-state index contributed by atoms with van der Waals surface area (Å²) in [6, 6.07) is 8.17. The van der Waals surface area contributed by atoms with Gasteiger partial charge in [0.15, 0.2) is 5.96 Å². The molecule has 0 spiro atoms. The predicted octanol–water partition coefficient (Wildman–Crippen LogP) is 3.76. The summed E-state index contributed by atoms with van der Waals surface area (Å²) >= 11 is 0. The number of benzene rings is 1. The SMILES string of the molecule is CCN1CCCC(CNC(=NC)NCc2oc3ccccc3c2C)C1.I. The number of para-hydroxylation sites is 1.